The van der Waals surface area contributed by atoms with Gasteiger partial charge in [-0.25, -0.2) is 0 Å². The van der Waals surface area contributed by atoms with Crippen molar-refractivity contribution in [2.45, 2.75) is 0 Å². The van der Waals surface area contributed by atoms with Crippen molar-refractivity contribution in [2.24, 2.45) is 5.10 Å². The third-order valence-corrected chi connectivity index (χ3v) is 3.87. The first-order valence-electron chi connectivity index (χ1n) is 8.41. The van der Waals surface area contributed by atoms with E-state index in [1.807, 2.05) is 48.5 Å². The standard InChI is InChI=1S/C22H15N5O/c23-15-19(16-24)26-25-18-11-13-21(14-12-18)27(20-9-5-2-6-10-20)22(28)17-7-3-1-4-8-17/h1-14,25H. The number of anilines is 3. The maximum atomic E-state index is 13.1. The van der Waals surface area contributed by atoms with Crippen LogP contribution in [0.2, 0.25) is 0 Å². The molecule has 28 heavy (non-hydrogen) atoms. The lowest BCUT2D eigenvalue weighted by molar-refractivity contribution is 0.0999. The van der Waals surface area contributed by atoms with Crippen LogP contribution in [0.25, 0.3) is 0 Å². The summed E-state index contributed by atoms with van der Waals surface area (Å²) in [5, 5.41) is 21.2. The summed E-state index contributed by atoms with van der Waals surface area (Å²) in [7, 11) is 0. The molecule has 0 spiro atoms. The highest BCUT2D eigenvalue weighted by Crippen LogP contribution is 2.28. The zero-order valence-corrected chi connectivity index (χ0v) is 14.8. The molecule has 0 saturated heterocycles. The number of hydrogen-bond acceptors (Lipinski definition) is 5. The molecule has 1 N–H and O–H groups in total. The normalized spacial score (nSPS) is 9.50. The first-order chi connectivity index (χ1) is 13.7. The molecule has 0 aromatic heterocycles. The van der Waals surface area contributed by atoms with E-state index in [2.05, 4.69) is 10.5 Å². The number of benzene rings is 3. The highest BCUT2D eigenvalue weighted by Gasteiger charge is 2.19. The number of carbonyl (C=O) groups is 1. The summed E-state index contributed by atoms with van der Waals surface area (Å²) in [6, 6.07) is 28.8. The Bertz CT molecular complexity index is 1050. The summed E-state index contributed by atoms with van der Waals surface area (Å²) in [5.74, 6) is -0.151. The molecule has 6 nitrogen and oxygen atoms in total. The Morgan fingerprint density at radius 1 is 0.786 bits per heavy atom. The maximum absolute atomic E-state index is 13.1. The molecule has 3 aromatic rings. The molecule has 0 bridgehead atoms. The highest BCUT2D eigenvalue weighted by atomic mass is 16.2. The van der Waals surface area contributed by atoms with Crippen molar-refractivity contribution < 1.29 is 4.79 Å². The maximum Gasteiger partial charge on any atom is 0.262 e. The lowest BCUT2D eigenvalue weighted by atomic mass is 10.1. The second-order valence-corrected chi connectivity index (χ2v) is 5.68. The summed E-state index contributed by atoms with van der Waals surface area (Å²) in [6.45, 7) is 0. The van der Waals surface area contributed by atoms with Gasteiger partial charge in [-0.1, -0.05) is 36.4 Å². The van der Waals surface area contributed by atoms with Gasteiger partial charge in [-0.3, -0.25) is 15.1 Å². The topological polar surface area (TPSA) is 92.3 Å². The number of amides is 1. The Labute approximate surface area is 162 Å². The Morgan fingerprint density at radius 3 is 1.89 bits per heavy atom. The largest absolute Gasteiger partial charge is 0.277 e. The molecule has 0 aliphatic rings. The molecule has 0 radical (unpaired) electrons. The average molecular weight is 365 g/mol. The summed E-state index contributed by atoms with van der Waals surface area (Å²) in [5.41, 5.74) is 4.97. The fourth-order valence-corrected chi connectivity index (χ4v) is 2.55. The number of nitrogens with zero attached hydrogens (tertiary/aromatic N) is 4. The van der Waals surface area contributed by atoms with E-state index in [1.54, 1.807) is 53.4 Å². The quantitative estimate of drug-likeness (QED) is 0.533. The fourth-order valence-electron chi connectivity index (χ4n) is 2.55. The van der Waals surface area contributed by atoms with E-state index < -0.39 is 0 Å². The third kappa shape index (κ3) is 4.21. The average Bonchev–Trinajstić information content (AvgIpc) is 2.77. The monoisotopic (exact) mass is 365 g/mol. The Balaban J connectivity index is 1.93. The predicted octanol–water partition coefficient (Wildman–Crippen LogP) is 4.48. The van der Waals surface area contributed by atoms with Gasteiger partial charge in [0.1, 0.15) is 12.1 Å². The van der Waals surface area contributed by atoms with Crippen molar-refractivity contribution in [3.05, 3.63) is 90.5 Å². The van der Waals surface area contributed by atoms with Gasteiger partial charge in [-0.05, 0) is 48.5 Å². The van der Waals surface area contributed by atoms with Crippen LogP contribution in [0.15, 0.2) is 90.0 Å². The molecule has 0 fully saturated rings. The van der Waals surface area contributed by atoms with Crippen LogP contribution in [0, 0.1) is 22.7 Å². The van der Waals surface area contributed by atoms with Crippen LogP contribution in [0.4, 0.5) is 17.1 Å². The molecule has 0 atom stereocenters. The molecule has 1 amide bonds. The van der Waals surface area contributed by atoms with E-state index >= 15 is 0 Å². The van der Waals surface area contributed by atoms with Crippen LogP contribution in [0.1, 0.15) is 10.4 Å². The van der Waals surface area contributed by atoms with Crippen LogP contribution < -0.4 is 10.3 Å². The van der Waals surface area contributed by atoms with Crippen molar-refractivity contribution >= 4 is 28.7 Å². The fraction of sp³-hybridized carbons (Fsp3) is 0. The number of nitrogens with one attached hydrogen (secondary N) is 1. The molecule has 6 heteroatoms. The van der Waals surface area contributed by atoms with Gasteiger partial charge in [0.2, 0.25) is 5.71 Å². The molecule has 0 aliphatic carbocycles. The summed E-state index contributed by atoms with van der Waals surface area (Å²) in [4.78, 5) is 14.8. The van der Waals surface area contributed by atoms with Gasteiger partial charge in [0.25, 0.3) is 5.91 Å². The zero-order chi connectivity index (χ0) is 19.8. The molecule has 0 aliphatic heterocycles. The summed E-state index contributed by atoms with van der Waals surface area (Å²) < 4.78 is 0. The van der Waals surface area contributed by atoms with Crippen molar-refractivity contribution in [2.75, 3.05) is 10.3 Å². The van der Waals surface area contributed by atoms with Crippen LogP contribution in [-0.4, -0.2) is 11.6 Å². The molecule has 3 aromatic carbocycles. The van der Waals surface area contributed by atoms with Crippen molar-refractivity contribution in [1.82, 2.24) is 0 Å². The number of hydrogen-bond donors (Lipinski definition) is 1. The number of hydrazone groups is 1. The van der Waals surface area contributed by atoms with Crippen molar-refractivity contribution in [1.29, 1.82) is 10.5 Å². The molecule has 0 heterocycles. The van der Waals surface area contributed by atoms with Crippen molar-refractivity contribution in [3.63, 3.8) is 0 Å². The van der Waals surface area contributed by atoms with E-state index in [0.717, 1.165) is 5.69 Å². The zero-order valence-electron chi connectivity index (χ0n) is 14.8. The Morgan fingerprint density at radius 2 is 1.32 bits per heavy atom. The molecular weight excluding hydrogens is 350 g/mol. The van der Waals surface area contributed by atoms with Gasteiger partial charge in [-0.2, -0.15) is 15.6 Å². The van der Waals surface area contributed by atoms with Gasteiger partial charge >= 0.3 is 0 Å². The second-order valence-electron chi connectivity index (χ2n) is 5.68. The SMILES string of the molecule is N#CC(C#N)=NNc1ccc(N(C(=O)c2ccccc2)c2ccccc2)cc1. The number of rotatable bonds is 5. The number of carbonyl (C=O) groups excluding carboxylic acids is 1. The van der Waals surface area contributed by atoms with E-state index in [9.17, 15) is 4.79 Å². The van der Waals surface area contributed by atoms with Crippen LogP contribution >= 0.6 is 0 Å². The molecule has 0 saturated carbocycles. The molecule has 134 valence electrons. The smallest absolute Gasteiger partial charge is 0.262 e. The Kier molecular flexibility index (Phi) is 5.77. The van der Waals surface area contributed by atoms with Gasteiger partial charge in [-0.15, -0.1) is 0 Å². The van der Waals surface area contributed by atoms with Gasteiger partial charge in [0.15, 0.2) is 0 Å². The summed E-state index contributed by atoms with van der Waals surface area (Å²) >= 11 is 0. The highest BCUT2D eigenvalue weighted by molar-refractivity contribution is 6.11. The number of para-hydroxylation sites is 1. The van der Waals surface area contributed by atoms with Crippen LogP contribution in [0.3, 0.4) is 0 Å². The summed E-state index contributed by atoms with van der Waals surface area (Å²) in [6.07, 6.45) is 0. The molecule has 3 rings (SSSR count). The van der Waals surface area contributed by atoms with Gasteiger partial charge < -0.3 is 0 Å². The van der Waals surface area contributed by atoms with Crippen LogP contribution in [0.5, 0.6) is 0 Å². The van der Waals surface area contributed by atoms with Crippen LogP contribution in [-0.2, 0) is 0 Å². The minimum Gasteiger partial charge on any atom is -0.277 e. The van der Waals surface area contributed by atoms with E-state index in [1.165, 1.54) is 0 Å². The first kappa shape index (κ1) is 18.4. The molecular formula is C22H15N5O. The first-order valence-corrected chi connectivity index (χ1v) is 8.41. The number of nitriles is 2. The lowest BCUT2D eigenvalue weighted by Gasteiger charge is -2.23. The van der Waals surface area contributed by atoms with Gasteiger partial charge in [0.05, 0.1) is 5.69 Å². The lowest BCUT2D eigenvalue weighted by Crippen LogP contribution is -2.25. The minimum atomic E-state index is -0.269. The second kappa shape index (κ2) is 8.79. The van der Waals surface area contributed by atoms with Crippen molar-refractivity contribution in [3.8, 4) is 12.1 Å². The van der Waals surface area contributed by atoms with E-state index in [4.69, 9.17) is 10.5 Å². The van der Waals surface area contributed by atoms with E-state index in [0.29, 0.717) is 16.9 Å². The van der Waals surface area contributed by atoms with Gasteiger partial charge in [0, 0.05) is 16.9 Å². The Hall–Kier alpha value is -4.42. The third-order valence-electron chi connectivity index (χ3n) is 3.87. The van der Waals surface area contributed by atoms with E-state index in [-0.39, 0.29) is 11.6 Å². The minimum absolute atomic E-state index is 0.151. The molecule has 0 unspecified atom stereocenters. The predicted molar refractivity (Wildman–Crippen MR) is 108 cm³/mol.